The summed E-state index contributed by atoms with van der Waals surface area (Å²) in [5.74, 6) is -0.150. The Kier molecular flexibility index (Phi) is 3.68. The molecule has 2 aliphatic rings. The van der Waals surface area contributed by atoms with Gasteiger partial charge in [-0.25, -0.2) is 0 Å². The highest BCUT2D eigenvalue weighted by molar-refractivity contribution is 9.10. The van der Waals surface area contributed by atoms with Crippen molar-refractivity contribution in [2.75, 3.05) is 0 Å². The Morgan fingerprint density at radius 2 is 1.03 bits per heavy atom. The Labute approximate surface area is 179 Å². The van der Waals surface area contributed by atoms with Gasteiger partial charge in [0.15, 0.2) is 11.6 Å². The van der Waals surface area contributed by atoms with E-state index in [0.29, 0.717) is 22.3 Å². The average Bonchev–Trinajstić information content (AvgIpc) is 2.70. The number of ketones is 2. The van der Waals surface area contributed by atoms with Crippen molar-refractivity contribution in [2.45, 2.75) is 38.5 Å². The Bertz CT molecular complexity index is 1250. The first-order valence-electron chi connectivity index (χ1n) is 9.82. The van der Waals surface area contributed by atoms with E-state index in [1.54, 1.807) is 12.1 Å². The van der Waals surface area contributed by atoms with E-state index >= 15 is 0 Å². The van der Waals surface area contributed by atoms with Gasteiger partial charge in [0.25, 0.3) is 0 Å². The highest BCUT2D eigenvalue weighted by Gasteiger charge is 2.43. The molecule has 0 unspecified atom stereocenters. The van der Waals surface area contributed by atoms with Crippen molar-refractivity contribution in [1.82, 2.24) is 0 Å². The Morgan fingerprint density at radius 1 is 0.586 bits per heavy atom. The van der Waals surface area contributed by atoms with Gasteiger partial charge in [-0.1, -0.05) is 67.9 Å². The fourth-order valence-electron chi connectivity index (χ4n) is 5.07. The lowest BCUT2D eigenvalue weighted by Crippen LogP contribution is -2.37. The van der Waals surface area contributed by atoms with Crippen LogP contribution in [0.5, 0.6) is 0 Å². The molecule has 0 fully saturated rings. The zero-order valence-electron chi connectivity index (χ0n) is 16.9. The number of halogens is 1. The van der Waals surface area contributed by atoms with Crippen molar-refractivity contribution in [1.29, 1.82) is 0 Å². The van der Waals surface area contributed by atoms with E-state index < -0.39 is 0 Å². The average molecular weight is 445 g/mol. The van der Waals surface area contributed by atoms with Crippen LogP contribution in [0.2, 0.25) is 0 Å². The largest absolute Gasteiger partial charge is 0.289 e. The lowest BCUT2D eigenvalue weighted by atomic mass is 9.59. The molecule has 0 saturated heterocycles. The molecule has 0 atom stereocenters. The third-order valence-corrected chi connectivity index (χ3v) is 7.23. The Hall–Kier alpha value is -2.52. The van der Waals surface area contributed by atoms with Gasteiger partial charge in [0.2, 0.25) is 0 Å². The van der Waals surface area contributed by atoms with E-state index in [-0.39, 0.29) is 22.4 Å². The molecular weight excluding hydrogens is 424 g/mol. The van der Waals surface area contributed by atoms with Gasteiger partial charge in [-0.3, -0.25) is 9.59 Å². The normalized spacial score (nSPS) is 17.8. The van der Waals surface area contributed by atoms with E-state index in [2.05, 4.69) is 67.9 Å². The molecule has 2 aliphatic carbocycles. The lowest BCUT2D eigenvalue weighted by Gasteiger charge is -2.44. The summed E-state index contributed by atoms with van der Waals surface area (Å²) in [6, 6.07) is 17.8. The first kappa shape index (κ1) is 18.5. The van der Waals surface area contributed by atoms with E-state index in [0.717, 1.165) is 15.6 Å². The molecule has 5 rings (SSSR count). The van der Waals surface area contributed by atoms with Gasteiger partial charge < -0.3 is 0 Å². The summed E-state index contributed by atoms with van der Waals surface area (Å²) in [6.07, 6.45) is 0. The van der Waals surface area contributed by atoms with Crippen LogP contribution in [0.15, 0.2) is 59.1 Å². The van der Waals surface area contributed by atoms with Gasteiger partial charge in [-0.2, -0.15) is 0 Å². The van der Waals surface area contributed by atoms with Crippen molar-refractivity contribution >= 4 is 27.5 Å². The van der Waals surface area contributed by atoms with Gasteiger partial charge in [0.1, 0.15) is 0 Å². The van der Waals surface area contributed by atoms with Gasteiger partial charge in [-0.05, 0) is 52.6 Å². The van der Waals surface area contributed by atoms with Gasteiger partial charge in [0.05, 0.1) is 0 Å². The SMILES string of the molecule is CC1(C)c2ccccc2C(C)(C)c2cc3c(cc21)C(=O)c1ccc(Br)cc1C3=O. The van der Waals surface area contributed by atoms with E-state index in [4.69, 9.17) is 0 Å². The summed E-state index contributed by atoms with van der Waals surface area (Å²) in [7, 11) is 0. The van der Waals surface area contributed by atoms with Crippen molar-refractivity contribution in [2.24, 2.45) is 0 Å². The van der Waals surface area contributed by atoms with Crippen LogP contribution >= 0.6 is 15.9 Å². The van der Waals surface area contributed by atoms with E-state index in [1.807, 2.05) is 18.2 Å². The maximum absolute atomic E-state index is 13.3. The second-order valence-corrected chi connectivity index (χ2v) is 10.0. The lowest BCUT2D eigenvalue weighted by molar-refractivity contribution is 0.0978. The molecular formula is C26H21BrO2. The molecule has 29 heavy (non-hydrogen) atoms. The minimum Gasteiger partial charge on any atom is -0.289 e. The molecule has 3 heteroatoms. The fourth-order valence-corrected chi connectivity index (χ4v) is 5.43. The van der Waals surface area contributed by atoms with E-state index in [1.165, 1.54) is 11.1 Å². The molecule has 0 saturated carbocycles. The summed E-state index contributed by atoms with van der Waals surface area (Å²) in [5.41, 5.74) is 6.29. The fraction of sp³-hybridized carbons (Fsp3) is 0.231. The summed E-state index contributed by atoms with van der Waals surface area (Å²) in [6.45, 7) is 8.80. The highest BCUT2D eigenvalue weighted by Crippen LogP contribution is 2.50. The summed E-state index contributed by atoms with van der Waals surface area (Å²) >= 11 is 3.43. The number of carbonyl (C=O) groups is 2. The molecule has 0 radical (unpaired) electrons. The molecule has 3 aromatic rings. The Balaban J connectivity index is 1.83. The minimum atomic E-state index is -0.253. The summed E-state index contributed by atoms with van der Waals surface area (Å²) in [5, 5.41) is 0. The number of rotatable bonds is 0. The van der Waals surface area contributed by atoms with Gasteiger partial charge >= 0.3 is 0 Å². The van der Waals surface area contributed by atoms with Crippen LogP contribution in [0.4, 0.5) is 0 Å². The predicted octanol–water partition coefficient (Wildman–Crippen LogP) is 6.19. The second-order valence-electron chi connectivity index (χ2n) is 9.09. The van der Waals surface area contributed by atoms with Crippen LogP contribution in [0.25, 0.3) is 0 Å². The molecule has 0 bridgehead atoms. The number of hydrogen-bond donors (Lipinski definition) is 0. The molecule has 144 valence electrons. The van der Waals surface area contributed by atoms with Gasteiger partial charge in [-0.15, -0.1) is 0 Å². The Morgan fingerprint density at radius 3 is 1.55 bits per heavy atom. The third kappa shape index (κ3) is 2.34. The second kappa shape index (κ2) is 5.76. The smallest absolute Gasteiger partial charge is 0.194 e. The first-order chi connectivity index (χ1) is 13.6. The molecule has 0 N–H and O–H groups in total. The first-order valence-corrected chi connectivity index (χ1v) is 10.6. The predicted molar refractivity (Wildman–Crippen MR) is 118 cm³/mol. The molecule has 3 aromatic carbocycles. The maximum Gasteiger partial charge on any atom is 0.194 e. The number of hydrogen-bond acceptors (Lipinski definition) is 2. The molecule has 0 aromatic heterocycles. The quantitative estimate of drug-likeness (QED) is 0.324. The van der Waals surface area contributed by atoms with Crippen LogP contribution in [-0.2, 0) is 10.8 Å². The highest BCUT2D eigenvalue weighted by atomic mass is 79.9. The molecule has 0 amide bonds. The molecule has 0 spiro atoms. The number of benzene rings is 3. The van der Waals surface area contributed by atoms with Crippen molar-refractivity contribution in [3.8, 4) is 0 Å². The molecule has 0 aliphatic heterocycles. The van der Waals surface area contributed by atoms with E-state index in [9.17, 15) is 9.59 Å². The van der Waals surface area contributed by atoms with Gasteiger partial charge in [0, 0.05) is 37.6 Å². The third-order valence-electron chi connectivity index (χ3n) is 6.74. The zero-order chi connectivity index (χ0) is 20.7. The monoisotopic (exact) mass is 444 g/mol. The summed E-state index contributed by atoms with van der Waals surface area (Å²) < 4.78 is 0.800. The van der Waals surface area contributed by atoms with Crippen LogP contribution in [0, 0.1) is 0 Å². The number of fused-ring (bicyclic) bond motifs is 4. The van der Waals surface area contributed by atoms with Crippen LogP contribution < -0.4 is 0 Å². The topological polar surface area (TPSA) is 34.1 Å². The van der Waals surface area contributed by atoms with Crippen molar-refractivity contribution in [3.63, 3.8) is 0 Å². The van der Waals surface area contributed by atoms with Crippen molar-refractivity contribution in [3.05, 3.63) is 104 Å². The number of carbonyl (C=O) groups excluding carboxylic acids is 2. The minimum absolute atomic E-state index is 0.0719. The zero-order valence-corrected chi connectivity index (χ0v) is 18.5. The molecule has 0 heterocycles. The maximum atomic E-state index is 13.3. The summed E-state index contributed by atoms with van der Waals surface area (Å²) in [4.78, 5) is 26.6. The van der Waals surface area contributed by atoms with Crippen LogP contribution in [0.3, 0.4) is 0 Å². The molecule has 2 nitrogen and oxygen atoms in total. The van der Waals surface area contributed by atoms with Crippen LogP contribution in [0.1, 0.15) is 81.8 Å². The van der Waals surface area contributed by atoms with Crippen molar-refractivity contribution < 1.29 is 9.59 Å². The standard InChI is InChI=1S/C26H21BrO2/c1-25(2)19-7-5-6-8-20(19)26(3,4)22-13-18-17(12-21(22)25)23(28)15-10-9-14(27)11-16(15)24(18)29/h5-13H,1-4H3. The van der Waals surface area contributed by atoms with Crippen LogP contribution in [-0.4, -0.2) is 11.6 Å².